The van der Waals surface area contributed by atoms with Gasteiger partial charge in [0, 0.05) is 31.9 Å². The highest BCUT2D eigenvalue weighted by atomic mass is 16.3. The average molecular weight is 270 g/mol. The Hall–Kier alpha value is -2.16. The molecule has 1 atom stereocenters. The lowest BCUT2D eigenvalue weighted by Crippen LogP contribution is -2.21. The Morgan fingerprint density at radius 3 is 2.65 bits per heavy atom. The van der Waals surface area contributed by atoms with Crippen LogP contribution in [0, 0.1) is 18.3 Å². The van der Waals surface area contributed by atoms with Crippen LogP contribution in [0.1, 0.15) is 28.5 Å². The normalized spacial score (nSPS) is 12.1. The lowest BCUT2D eigenvalue weighted by Gasteiger charge is -2.12. The van der Waals surface area contributed by atoms with Gasteiger partial charge in [-0.1, -0.05) is 12.1 Å². The van der Waals surface area contributed by atoms with Gasteiger partial charge >= 0.3 is 0 Å². The fraction of sp³-hybridized carbons (Fsp3) is 0.333. The van der Waals surface area contributed by atoms with Crippen LogP contribution in [-0.2, 0) is 13.6 Å². The van der Waals surface area contributed by atoms with Crippen LogP contribution in [0.15, 0.2) is 30.5 Å². The van der Waals surface area contributed by atoms with E-state index in [-0.39, 0.29) is 0 Å². The second-order valence-corrected chi connectivity index (χ2v) is 4.79. The van der Waals surface area contributed by atoms with E-state index in [1.807, 2.05) is 20.2 Å². The van der Waals surface area contributed by atoms with Gasteiger partial charge in [-0.2, -0.15) is 10.4 Å². The summed E-state index contributed by atoms with van der Waals surface area (Å²) >= 11 is 0. The van der Waals surface area contributed by atoms with Crippen molar-refractivity contribution >= 4 is 0 Å². The molecule has 1 heterocycles. The number of aliphatic hydroxyl groups excluding tert-OH is 1. The topological polar surface area (TPSA) is 73.9 Å². The summed E-state index contributed by atoms with van der Waals surface area (Å²) in [6.07, 6.45) is 1.39. The monoisotopic (exact) mass is 270 g/mol. The number of aliphatic hydroxyl groups is 1. The summed E-state index contributed by atoms with van der Waals surface area (Å²) < 4.78 is 1.78. The predicted octanol–water partition coefficient (Wildman–Crippen LogP) is 1.42. The highest BCUT2D eigenvalue weighted by Crippen LogP contribution is 2.13. The molecule has 0 spiro atoms. The van der Waals surface area contributed by atoms with Crippen molar-refractivity contribution in [3.8, 4) is 6.07 Å². The molecule has 0 aliphatic heterocycles. The van der Waals surface area contributed by atoms with Crippen LogP contribution in [0.5, 0.6) is 0 Å². The molecule has 0 aliphatic rings. The van der Waals surface area contributed by atoms with Crippen LogP contribution in [0.3, 0.4) is 0 Å². The van der Waals surface area contributed by atoms with Gasteiger partial charge in [0.15, 0.2) is 0 Å². The molecule has 0 fully saturated rings. The van der Waals surface area contributed by atoms with Crippen molar-refractivity contribution in [2.24, 2.45) is 7.05 Å². The number of hydrogen-bond donors (Lipinski definition) is 2. The van der Waals surface area contributed by atoms with Crippen LogP contribution in [0.25, 0.3) is 0 Å². The second-order valence-electron chi connectivity index (χ2n) is 4.79. The minimum absolute atomic E-state index is 0.459. The zero-order valence-corrected chi connectivity index (χ0v) is 11.7. The first-order chi connectivity index (χ1) is 9.60. The first kappa shape index (κ1) is 14.3. The predicted molar refractivity (Wildman–Crippen MR) is 75.8 cm³/mol. The quantitative estimate of drug-likeness (QED) is 0.862. The summed E-state index contributed by atoms with van der Waals surface area (Å²) in [7, 11) is 1.89. The molecule has 2 aromatic rings. The number of aryl methyl sites for hydroxylation is 2. The number of nitriles is 1. The molecule has 1 unspecified atom stereocenters. The zero-order valence-electron chi connectivity index (χ0n) is 11.7. The van der Waals surface area contributed by atoms with Crippen molar-refractivity contribution in [2.45, 2.75) is 19.6 Å². The Morgan fingerprint density at radius 2 is 2.10 bits per heavy atom. The Bertz CT molecular complexity index is 610. The highest BCUT2D eigenvalue weighted by molar-refractivity contribution is 5.32. The maximum absolute atomic E-state index is 10.1. The largest absolute Gasteiger partial charge is 0.387 e. The van der Waals surface area contributed by atoms with Crippen LogP contribution in [-0.4, -0.2) is 21.4 Å². The summed E-state index contributed by atoms with van der Waals surface area (Å²) in [4.78, 5) is 0. The van der Waals surface area contributed by atoms with E-state index >= 15 is 0 Å². The molecular formula is C15H18N4O. The Morgan fingerprint density at radius 1 is 1.40 bits per heavy atom. The van der Waals surface area contributed by atoms with Crippen molar-refractivity contribution in [1.82, 2.24) is 15.1 Å². The van der Waals surface area contributed by atoms with E-state index < -0.39 is 6.10 Å². The van der Waals surface area contributed by atoms with E-state index in [1.165, 1.54) is 0 Å². The minimum Gasteiger partial charge on any atom is -0.387 e. The number of benzene rings is 1. The Kier molecular flexibility index (Phi) is 4.51. The fourth-order valence-corrected chi connectivity index (χ4v) is 2.06. The molecule has 0 saturated carbocycles. The smallest absolute Gasteiger partial charge is 0.0991 e. The van der Waals surface area contributed by atoms with Gasteiger partial charge in [0.1, 0.15) is 0 Å². The van der Waals surface area contributed by atoms with Crippen LogP contribution < -0.4 is 5.32 Å². The minimum atomic E-state index is -0.584. The third-order valence-electron chi connectivity index (χ3n) is 3.19. The summed E-state index contributed by atoms with van der Waals surface area (Å²) in [6.45, 7) is 3.10. The molecule has 1 aromatic carbocycles. The molecule has 2 N–H and O–H groups in total. The molecule has 0 radical (unpaired) electrons. The average Bonchev–Trinajstić information content (AvgIpc) is 2.77. The molecule has 104 valence electrons. The van der Waals surface area contributed by atoms with Crippen molar-refractivity contribution in [3.63, 3.8) is 0 Å². The SMILES string of the molecule is Cc1nn(C)cc1CNCC(O)c1ccc(C#N)cc1. The van der Waals surface area contributed by atoms with E-state index in [0.717, 1.165) is 16.8 Å². The molecular weight excluding hydrogens is 252 g/mol. The fourth-order valence-electron chi connectivity index (χ4n) is 2.06. The van der Waals surface area contributed by atoms with Gasteiger partial charge in [0.25, 0.3) is 0 Å². The first-order valence-corrected chi connectivity index (χ1v) is 6.48. The molecule has 1 aromatic heterocycles. The van der Waals surface area contributed by atoms with Gasteiger partial charge in [-0.25, -0.2) is 0 Å². The van der Waals surface area contributed by atoms with Gasteiger partial charge in [0.05, 0.1) is 23.4 Å². The molecule has 0 aliphatic carbocycles. The van der Waals surface area contributed by atoms with Gasteiger partial charge < -0.3 is 10.4 Å². The Balaban J connectivity index is 1.87. The second kappa shape index (κ2) is 6.33. The lowest BCUT2D eigenvalue weighted by molar-refractivity contribution is 0.174. The molecule has 0 bridgehead atoms. The zero-order chi connectivity index (χ0) is 14.5. The summed E-state index contributed by atoms with van der Waals surface area (Å²) in [5.41, 5.74) is 3.52. The molecule has 0 amide bonds. The van der Waals surface area contributed by atoms with Gasteiger partial charge in [-0.05, 0) is 24.6 Å². The summed E-state index contributed by atoms with van der Waals surface area (Å²) in [5, 5.41) is 26.3. The van der Waals surface area contributed by atoms with Crippen molar-refractivity contribution < 1.29 is 5.11 Å². The summed E-state index contributed by atoms with van der Waals surface area (Å²) in [5.74, 6) is 0. The van der Waals surface area contributed by atoms with Crippen molar-refractivity contribution in [2.75, 3.05) is 6.54 Å². The molecule has 0 saturated heterocycles. The number of hydrogen-bond acceptors (Lipinski definition) is 4. The molecule has 2 rings (SSSR count). The third-order valence-corrected chi connectivity index (χ3v) is 3.19. The van der Waals surface area contributed by atoms with Crippen molar-refractivity contribution in [1.29, 1.82) is 5.26 Å². The number of nitrogens with zero attached hydrogens (tertiary/aromatic N) is 3. The molecule has 5 nitrogen and oxygen atoms in total. The van der Waals surface area contributed by atoms with E-state index in [9.17, 15) is 5.11 Å². The number of aromatic nitrogens is 2. The van der Waals surface area contributed by atoms with Gasteiger partial charge in [-0.3, -0.25) is 4.68 Å². The van der Waals surface area contributed by atoms with Gasteiger partial charge in [-0.15, -0.1) is 0 Å². The number of rotatable bonds is 5. The molecule has 20 heavy (non-hydrogen) atoms. The third kappa shape index (κ3) is 3.44. The lowest BCUT2D eigenvalue weighted by atomic mass is 10.1. The van der Waals surface area contributed by atoms with E-state index in [1.54, 1.807) is 28.9 Å². The van der Waals surface area contributed by atoms with Crippen LogP contribution in [0.2, 0.25) is 0 Å². The first-order valence-electron chi connectivity index (χ1n) is 6.48. The van der Waals surface area contributed by atoms with Crippen LogP contribution >= 0.6 is 0 Å². The highest BCUT2D eigenvalue weighted by Gasteiger charge is 2.08. The maximum atomic E-state index is 10.1. The van der Waals surface area contributed by atoms with Crippen LogP contribution in [0.4, 0.5) is 0 Å². The maximum Gasteiger partial charge on any atom is 0.0991 e. The summed E-state index contributed by atoms with van der Waals surface area (Å²) in [6, 6.07) is 9.04. The van der Waals surface area contributed by atoms with Crippen molar-refractivity contribution in [3.05, 3.63) is 52.8 Å². The van der Waals surface area contributed by atoms with E-state index in [2.05, 4.69) is 16.5 Å². The van der Waals surface area contributed by atoms with E-state index in [4.69, 9.17) is 5.26 Å². The Labute approximate surface area is 118 Å². The standard InChI is InChI=1S/C15H18N4O/c1-11-14(10-19(2)18-11)8-17-9-15(20)13-5-3-12(7-16)4-6-13/h3-6,10,15,17,20H,8-9H2,1-2H3. The van der Waals surface area contributed by atoms with Gasteiger partial charge in [0.2, 0.25) is 0 Å². The van der Waals surface area contributed by atoms with E-state index in [0.29, 0.717) is 18.7 Å². The molecule has 5 heteroatoms. The number of nitrogens with one attached hydrogen (secondary N) is 1.